The van der Waals surface area contributed by atoms with Gasteiger partial charge >= 0.3 is 0 Å². The quantitative estimate of drug-likeness (QED) is 0.619. The lowest BCUT2D eigenvalue weighted by Crippen LogP contribution is -2.61. The third-order valence-corrected chi connectivity index (χ3v) is 6.04. The summed E-state index contributed by atoms with van der Waals surface area (Å²) < 4.78 is 0. The zero-order chi connectivity index (χ0) is 20.0. The van der Waals surface area contributed by atoms with Crippen molar-refractivity contribution in [3.05, 3.63) is 52.5 Å². The van der Waals surface area contributed by atoms with E-state index >= 15 is 0 Å². The van der Waals surface area contributed by atoms with Gasteiger partial charge in [-0.25, -0.2) is 4.98 Å². The van der Waals surface area contributed by atoms with Gasteiger partial charge in [0.1, 0.15) is 5.82 Å². The number of amides is 1. The van der Waals surface area contributed by atoms with Crippen LogP contribution in [0.5, 0.6) is 0 Å². The second-order valence-electron chi connectivity index (χ2n) is 7.93. The number of nitro groups is 1. The van der Waals surface area contributed by atoms with E-state index in [2.05, 4.69) is 25.1 Å². The van der Waals surface area contributed by atoms with Crippen LogP contribution < -0.4 is 15.1 Å². The molecule has 5 rings (SSSR count). The minimum absolute atomic E-state index is 0.0153. The first-order valence-electron chi connectivity index (χ1n) is 9.95. The molecule has 1 saturated heterocycles. The molecule has 9 heteroatoms. The second-order valence-corrected chi connectivity index (χ2v) is 7.93. The number of piperazine rings is 1. The van der Waals surface area contributed by atoms with Crippen molar-refractivity contribution in [2.45, 2.75) is 31.3 Å². The zero-order valence-electron chi connectivity index (χ0n) is 15.9. The number of nitrogens with one attached hydrogen (secondary N) is 1. The molecule has 29 heavy (non-hydrogen) atoms. The van der Waals surface area contributed by atoms with E-state index in [1.807, 2.05) is 6.07 Å². The summed E-state index contributed by atoms with van der Waals surface area (Å²) in [7, 11) is 0. The SMILES string of the molecule is O=C(NC1CC1)C1Cc2cc([N+](=O)[O-])ccc2N2CCN(c3cnccn3)CC12. The molecule has 9 nitrogen and oxygen atoms in total. The maximum Gasteiger partial charge on any atom is 0.269 e. The molecule has 0 bridgehead atoms. The van der Waals surface area contributed by atoms with Gasteiger partial charge in [0, 0.05) is 55.9 Å². The molecule has 3 heterocycles. The van der Waals surface area contributed by atoms with Gasteiger partial charge in [-0.15, -0.1) is 0 Å². The zero-order valence-corrected chi connectivity index (χ0v) is 15.9. The van der Waals surface area contributed by atoms with Crippen LogP contribution >= 0.6 is 0 Å². The third-order valence-electron chi connectivity index (χ3n) is 6.04. The van der Waals surface area contributed by atoms with Crippen LogP contribution in [-0.2, 0) is 11.2 Å². The Morgan fingerprint density at radius 2 is 2.10 bits per heavy atom. The van der Waals surface area contributed by atoms with Gasteiger partial charge in [0.25, 0.3) is 5.69 Å². The van der Waals surface area contributed by atoms with Crippen molar-refractivity contribution in [1.29, 1.82) is 0 Å². The molecule has 0 radical (unpaired) electrons. The van der Waals surface area contributed by atoms with Gasteiger partial charge in [-0.1, -0.05) is 0 Å². The van der Waals surface area contributed by atoms with Crippen molar-refractivity contribution >= 4 is 23.1 Å². The Morgan fingerprint density at radius 3 is 2.83 bits per heavy atom. The van der Waals surface area contributed by atoms with Crippen LogP contribution in [0.15, 0.2) is 36.8 Å². The molecule has 1 aliphatic carbocycles. The molecule has 2 aliphatic heterocycles. The molecular formula is C20H22N6O3. The first kappa shape index (κ1) is 17.8. The van der Waals surface area contributed by atoms with Crippen LogP contribution in [-0.4, -0.2) is 52.5 Å². The molecule has 1 amide bonds. The molecule has 1 N–H and O–H groups in total. The second kappa shape index (κ2) is 6.98. The summed E-state index contributed by atoms with van der Waals surface area (Å²) in [5.74, 6) is 0.591. The molecule has 0 spiro atoms. The smallest absolute Gasteiger partial charge is 0.269 e. The van der Waals surface area contributed by atoms with Crippen molar-refractivity contribution in [2.24, 2.45) is 5.92 Å². The summed E-state index contributed by atoms with van der Waals surface area (Å²) >= 11 is 0. The topological polar surface area (TPSA) is 104 Å². The highest BCUT2D eigenvalue weighted by atomic mass is 16.6. The number of fused-ring (bicyclic) bond motifs is 3. The number of carbonyl (C=O) groups excluding carboxylic acids is 1. The fourth-order valence-electron chi connectivity index (χ4n) is 4.42. The van der Waals surface area contributed by atoms with Gasteiger partial charge < -0.3 is 15.1 Å². The number of nitrogens with zero attached hydrogens (tertiary/aromatic N) is 5. The fraction of sp³-hybridized carbons (Fsp3) is 0.450. The predicted octanol–water partition coefficient (Wildman–Crippen LogP) is 1.53. The number of hydrogen-bond donors (Lipinski definition) is 1. The lowest BCUT2D eigenvalue weighted by atomic mass is 9.83. The van der Waals surface area contributed by atoms with Crippen molar-refractivity contribution in [1.82, 2.24) is 15.3 Å². The minimum atomic E-state index is -0.377. The number of aromatic nitrogens is 2. The molecule has 2 unspecified atom stereocenters. The number of hydrogen-bond acceptors (Lipinski definition) is 7. The number of carbonyl (C=O) groups is 1. The number of nitro benzene ring substituents is 1. The average molecular weight is 394 g/mol. The summed E-state index contributed by atoms with van der Waals surface area (Å²) in [6, 6.07) is 5.27. The minimum Gasteiger partial charge on any atom is -0.364 e. The maximum absolute atomic E-state index is 13.1. The van der Waals surface area contributed by atoms with Crippen LogP contribution in [0.2, 0.25) is 0 Å². The highest BCUT2D eigenvalue weighted by molar-refractivity contribution is 5.83. The van der Waals surface area contributed by atoms with E-state index < -0.39 is 0 Å². The van der Waals surface area contributed by atoms with E-state index in [-0.39, 0.29) is 34.5 Å². The standard InChI is InChI=1S/C20H22N6O3/c27-20(23-14-1-2-14)16-10-13-9-15(26(28)29)3-4-17(13)25-8-7-24(12-18(16)25)19-11-21-5-6-22-19/h3-6,9,11,14,16,18H,1-2,7-8,10,12H2,(H,23,27). The first-order chi connectivity index (χ1) is 14.1. The Morgan fingerprint density at radius 1 is 1.24 bits per heavy atom. The molecule has 3 aliphatic rings. The average Bonchev–Trinajstić information content (AvgIpc) is 3.56. The van der Waals surface area contributed by atoms with Gasteiger partial charge in [0.2, 0.25) is 5.91 Å². The molecule has 150 valence electrons. The first-order valence-corrected chi connectivity index (χ1v) is 9.95. The summed E-state index contributed by atoms with van der Waals surface area (Å²) in [5, 5.41) is 14.4. The van der Waals surface area contributed by atoms with E-state index in [1.54, 1.807) is 30.7 Å². The Labute approximate surface area is 167 Å². The van der Waals surface area contributed by atoms with Gasteiger partial charge in [0.15, 0.2) is 0 Å². The number of anilines is 2. The van der Waals surface area contributed by atoms with Crippen LogP contribution in [0.4, 0.5) is 17.2 Å². The molecule has 1 aromatic carbocycles. The van der Waals surface area contributed by atoms with Crippen LogP contribution in [0, 0.1) is 16.0 Å². The molecule has 2 atom stereocenters. The predicted molar refractivity (Wildman–Crippen MR) is 107 cm³/mol. The number of benzene rings is 1. The largest absolute Gasteiger partial charge is 0.364 e. The van der Waals surface area contributed by atoms with E-state index in [0.717, 1.165) is 43.0 Å². The van der Waals surface area contributed by atoms with E-state index in [4.69, 9.17) is 0 Å². The molecule has 2 aromatic rings. The Balaban J connectivity index is 1.48. The van der Waals surface area contributed by atoms with Crippen molar-refractivity contribution in [2.75, 3.05) is 29.4 Å². The molecule has 1 saturated carbocycles. The molecule has 1 aromatic heterocycles. The van der Waals surface area contributed by atoms with Crippen LogP contribution in [0.1, 0.15) is 18.4 Å². The van der Waals surface area contributed by atoms with Crippen molar-refractivity contribution in [3.63, 3.8) is 0 Å². The van der Waals surface area contributed by atoms with Gasteiger partial charge in [-0.05, 0) is 30.9 Å². The number of non-ortho nitro benzene ring substituents is 1. The van der Waals surface area contributed by atoms with Gasteiger partial charge in [-0.2, -0.15) is 0 Å². The summed E-state index contributed by atoms with van der Waals surface area (Å²) in [5.41, 5.74) is 1.94. The lowest BCUT2D eigenvalue weighted by Gasteiger charge is -2.49. The van der Waals surface area contributed by atoms with E-state index in [1.165, 1.54) is 0 Å². The van der Waals surface area contributed by atoms with Crippen LogP contribution in [0.3, 0.4) is 0 Å². The summed E-state index contributed by atoms with van der Waals surface area (Å²) in [6.07, 6.45) is 7.63. The van der Waals surface area contributed by atoms with Gasteiger partial charge in [0.05, 0.1) is 23.1 Å². The van der Waals surface area contributed by atoms with Crippen molar-refractivity contribution in [3.8, 4) is 0 Å². The third kappa shape index (κ3) is 3.37. The number of rotatable bonds is 4. The monoisotopic (exact) mass is 394 g/mol. The van der Waals surface area contributed by atoms with Gasteiger partial charge in [-0.3, -0.25) is 19.9 Å². The Bertz CT molecular complexity index is 948. The summed E-state index contributed by atoms with van der Waals surface area (Å²) in [4.78, 5) is 36.9. The normalized spacial score (nSPS) is 23.2. The highest BCUT2D eigenvalue weighted by Gasteiger charge is 2.43. The van der Waals surface area contributed by atoms with Crippen LogP contribution in [0.25, 0.3) is 0 Å². The van der Waals surface area contributed by atoms with Crippen molar-refractivity contribution < 1.29 is 9.72 Å². The summed E-state index contributed by atoms with van der Waals surface area (Å²) in [6.45, 7) is 2.14. The van der Waals surface area contributed by atoms with E-state index in [0.29, 0.717) is 13.0 Å². The molecule has 2 fully saturated rings. The highest BCUT2D eigenvalue weighted by Crippen LogP contribution is 2.38. The molecular weight excluding hydrogens is 372 g/mol. The Hall–Kier alpha value is -3.23. The fourth-order valence-corrected chi connectivity index (χ4v) is 4.42. The maximum atomic E-state index is 13.1. The van der Waals surface area contributed by atoms with E-state index in [9.17, 15) is 14.9 Å². The lowest BCUT2D eigenvalue weighted by molar-refractivity contribution is -0.384. The Kier molecular flexibility index (Phi) is 4.30.